The van der Waals surface area contributed by atoms with E-state index in [0.717, 1.165) is 0 Å². The minimum Gasteiger partial charge on any atom is -0.192 e. The third kappa shape index (κ3) is 2.77. The molecular formula is C7ClF15. The van der Waals surface area contributed by atoms with Crippen LogP contribution >= 0.6 is 11.6 Å². The second-order valence-electron chi connectivity index (χ2n) is 3.87. The van der Waals surface area contributed by atoms with E-state index in [1.54, 1.807) is 0 Å². The Hall–Kier alpha value is -0.760. The Balaban J connectivity index is 6.37. The van der Waals surface area contributed by atoms with Crippen molar-refractivity contribution in [2.75, 3.05) is 0 Å². The lowest BCUT2D eigenvalue weighted by atomic mass is 9.94. The van der Waals surface area contributed by atoms with Crippen LogP contribution in [0.1, 0.15) is 0 Å². The maximum atomic E-state index is 12.7. The molecule has 0 atom stereocenters. The Kier molecular flexibility index (Phi) is 4.95. The standard InChI is InChI=1S/C7ClF15/c8-6(19,20)4(15,16)2(11,12)1(9,10)3(13,14)5(17,18)7(21,22)23. The summed E-state index contributed by atoms with van der Waals surface area (Å²) in [7, 11) is 0. The molecule has 16 heteroatoms. The topological polar surface area (TPSA) is 0 Å². The fourth-order valence-corrected chi connectivity index (χ4v) is 1.07. The predicted octanol–water partition coefficient (Wildman–Crippen LogP) is 5.56. The van der Waals surface area contributed by atoms with Crippen molar-refractivity contribution < 1.29 is 65.9 Å². The average molecular weight is 404 g/mol. The lowest BCUT2D eigenvalue weighted by Crippen LogP contribution is -2.72. The number of alkyl halides is 16. The van der Waals surface area contributed by atoms with Gasteiger partial charge in [0.1, 0.15) is 0 Å². The fourth-order valence-electron chi connectivity index (χ4n) is 0.948. The zero-order valence-electron chi connectivity index (χ0n) is 9.55. The Labute approximate surface area is 120 Å². The first-order chi connectivity index (χ1) is 9.50. The maximum absolute atomic E-state index is 12.7. The van der Waals surface area contributed by atoms with Gasteiger partial charge in [-0.2, -0.15) is 65.9 Å². The van der Waals surface area contributed by atoms with Gasteiger partial charge in [-0.3, -0.25) is 0 Å². The van der Waals surface area contributed by atoms with Gasteiger partial charge in [0.15, 0.2) is 0 Å². The Bertz CT molecular complexity index is 400. The molecule has 0 aliphatic carbocycles. The van der Waals surface area contributed by atoms with E-state index in [9.17, 15) is 65.9 Å². The highest BCUT2D eigenvalue weighted by atomic mass is 35.5. The largest absolute Gasteiger partial charge is 0.460 e. The van der Waals surface area contributed by atoms with Crippen molar-refractivity contribution in [3.8, 4) is 0 Å². The number of halogens is 16. The quantitative estimate of drug-likeness (QED) is 0.416. The lowest BCUT2D eigenvalue weighted by Gasteiger charge is -2.40. The average Bonchev–Trinajstić information content (AvgIpc) is 2.24. The number of hydrogen-bond donors (Lipinski definition) is 0. The molecule has 0 saturated carbocycles. The summed E-state index contributed by atoms with van der Waals surface area (Å²) in [4.78, 5) is 0. The van der Waals surface area contributed by atoms with Gasteiger partial charge in [0.05, 0.1) is 0 Å². The van der Waals surface area contributed by atoms with E-state index < -0.39 is 41.2 Å². The smallest absolute Gasteiger partial charge is 0.192 e. The van der Waals surface area contributed by atoms with Crippen molar-refractivity contribution in [2.24, 2.45) is 0 Å². The molecule has 0 N–H and O–H groups in total. The Morgan fingerprint density at radius 2 is 0.565 bits per heavy atom. The van der Waals surface area contributed by atoms with Gasteiger partial charge in [-0.25, -0.2) is 0 Å². The zero-order valence-corrected chi connectivity index (χ0v) is 10.3. The minimum absolute atomic E-state index is 3.32. The van der Waals surface area contributed by atoms with E-state index in [1.807, 2.05) is 0 Å². The molecule has 0 fully saturated rings. The second-order valence-corrected chi connectivity index (χ2v) is 4.34. The first kappa shape index (κ1) is 22.2. The van der Waals surface area contributed by atoms with Gasteiger partial charge in [0.2, 0.25) is 0 Å². The summed E-state index contributed by atoms with van der Waals surface area (Å²) in [5, 5.41) is -6.69. The van der Waals surface area contributed by atoms with Crippen molar-refractivity contribution >= 4 is 11.6 Å². The molecule has 0 aliphatic heterocycles. The van der Waals surface area contributed by atoms with Crippen molar-refractivity contribution in [2.45, 2.75) is 41.2 Å². The molecule has 0 spiro atoms. The molecule has 0 heterocycles. The van der Waals surface area contributed by atoms with Gasteiger partial charge < -0.3 is 0 Å². The summed E-state index contributed by atoms with van der Waals surface area (Å²) in [6.45, 7) is 0. The molecule has 0 aliphatic rings. The van der Waals surface area contributed by atoms with Crippen molar-refractivity contribution in [1.29, 1.82) is 0 Å². The summed E-state index contributed by atoms with van der Waals surface area (Å²) < 4.78 is 184. The van der Waals surface area contributed by atoms with Crippen LogP contribution in [0, 0.1) is 0 Å². The highest BCUT2D eigenvalue weighted by Gasteiger charge is 2.93. The molecule has 0 aromatic rings. The van der Waals surface area contributed by atoms with Gasteiger partial charge in [-0.05, 0) is 11.6 Å². The van der Waals surface area contributed by atoms with E-state index in [0.29, 0.717) is 0 Å². The normalized spacial score (nSPS) is 16.7. The van der Waals surface area contributed by atoms with Gasteiger partial charge in [-0.15, -0.1) is 0 Å². The van der Waals surface area contributed by atoms with Crippen LogP contribution in [0.3, 0.4) is 0 Å². The van der Waals surface area contributed by atoms with E-state index >= 15 is 0 Å². The monoisotopic (exact) mass is 404 g/mol. The molecule has 0 unspecified atom stereocenters. The van der Waals surface area contributed by atoms with Gasteiger partial charge in [0.25, 0.3) is 0 Å². The minimum atomic E-state index is -8.28. The molecule has 0 radical (unpaired) electrons. The molecule has 0 saturated heterocycles. The molecule has 0 aromatic carbocycles. The number of hydrogen-bond acceptors (Lipinski definition) is 0. The first-order valence-electron chi connectivity index (χ1n) is 4.52. The van der Waals surface area contributed by atoms with Crippen LogP contribution in [-0.2, 0) is 0 Å². The van der Waals surface area contributed by atoms with Crippen LogP contribution in [-0.4, -0.2) is 41.2 Å². The van der Waals surface area contributed by atoms with E-state index in [2.05, 4.69) is 11.6 Å². The molecule has 0 nitrogen and oxygen atoms in total. The van der Waals surface area contributed by atoms with E-state index in [1.165, 1.54) is 0 Å². The SMILES string of the molecule is FC(F)(F)C(F)(F)C(F)(F)C(F)(F)C(F)(F)C(F)(F)C(F)(F)Cl. The molecule has 0 aromatic heterocycles. The second kappa shape index (κ2) is 5.12. The molecule has 0 amide bonds. The highest BCUT2D eigenvalue weighted by molar-refractivity contribution is 6.22. The summed E-state index contributed by atoms with van der Waals surface area (Å²) in [5.41, 5.74) is 0. The Morgan fingerprint density at radius 3 is 0.783 bits per heavy atom. The van der Waals surface area contributed by atoms with Crippen LogP contribution in [0.15, 0.2) is 0 Å². The van der Waals surface area contributed by atoms with Crippen LogP contribution < -0.4 is 0 Å². The molecule has 140 valence electrons. The summed E-state index contributed by atoms with van der Waals surface area (Å²) in [6.07, 6.45) is -7.60. The van der Waals surface area contributed by atoms with Gasteiger partial charge in [0, 0.05) is 0 Å². The summed E-state index contributed by atoms with van der Waals surface area (Å²) in [6, 6.07) is 0. The maximum Gasteiger partial charge on any atom is 0.460 e. The first-order valence-corrected chi connectivity index (χ1v) is 4.90. The lowest BCUT2D eigenvalue weighted by molar-refractivity contribution is -0.447. The third-order valence-corrected chi connectivity index (χ3v) is 2.53. The van der Waals surface area contributed by atoms with Crippen LogP contribution in [0.2, 0.25) is 0 Å². The third-order valence-electron chi connectivity index (χ3n) is 2.29. The summed E-state index contributed by atoms with van der Waals surface area (Å²) >= 11 is 3.32. The van der Waals surface area contributed by atoms with Crippen LogP contribution in [0.25, 0.3) is 0 Å². The van der Waals surface area contributed by atoms with Gasteiger partial charge >= 0.3 is 41.2 Å². The highest BCUT2D eigenvalue weighted by Crippen LogP contribution is 2.62. The van der Waals surface area contributed by atoms with Crippen molar-refractivity contribution in [3.63, 3.8) is 0 Å². The molecule has 0 bridgehead atoms. The van der Waals surface area contributed by atoms with Crippen molar-refractivity contribution in [1.82, 2.24) is 0 Å². The summed E-state index contributed by atoms with van der Waals surface area (Å²) in [5.74, 6) is -40.2. The molecular weight excluding hydrogens is 404 g/mol. The molecule has 0 rings (SSSR count). The predicted molar refractivity (Wildman–Crippen MR) is 41.6 cm³/mol. The van der Waals surface area contributed by atoms with E-state index in [4.69, 9.17) is 0 Å². The fraction of sp³-hybridized carbons (Fsp3) is 1.00. The van der Waals surface area contributed by atoms with Crippen LogP contribution in [0.4, 0.5) is 65.9 Å². The zero-order chi connectivity index (χ0) is 19.5. The number of rotatable bonds is 5. The molecule has 23 heavy (non-hydrogen) atoms. The van der Waals surface area contributed by atoms with E-state index in [-0.39, 0.29) is 0 Å². The van der Waals surface area contributed by atoms with Gasteiger partial charge in [-0.1, -0.05) is 0 Å². The van der Waals surface area contributed by atoms with Crippen LogP contribution in [0.5, 0.6) is 0 Å². The van der Waals surface area contributed by atoms with Crippen molar-refractivity contribution in [3.05, 3.63) is 0 Å². The Morgan fingerprint density at radius 1 is 0.348 bits per heavy atom.